The molecule has 0 saturated carbocycles. The number of rotatable bonds is 2. The van der Waals surface area contributed by atoms with Gasteiger partial charge in [0.2, 0.25) is 11.7 Å². The molecule has 0 spiro atoms. The molecule has 2 fully saturated rings. The maximum atomic E-state index is 5.67. The van der Waals surface area contributed by atoms with Gasteiger partial charge in [-0.25, -0.2) is 0 Å². The van der Waals surface area contributed by atoms with Crippen molar-refractivity contribution in [2.75, 3.05) is 24.7 Å². The Morgan fingerprint density at radius 3 is 3.11 bits per heavy atom. The number of nitrogens with zero attached hydrogens (tertiary/aromatic N) is 2. The van der Waals surface area contributed by atoms with Crippen molar-refractivity contribution >= 4 is 11.8 Å². The highest BCUT2D eigenvalue weighted by molar-refractivity contribution is 7.99. The molecule has 3 heterocycles. The zero-order valence-corrected chi connectivity index (χ0v) is 11.5. The molecule has 100 valence electrons. The number of aromatic nitrogens is 2. The number of ether oxygens (including phenoxy) is 1. The van der Waals surface area contributed by atoms with Gasteiger partial charge >= 0.3 is 0 Å². The van der Waals surface area contributed by atoms with Crippen LogP contribution in [0.15, 0.2) is 4.52 Å². The summed E-state index contributed by atoms with van der Waals surface area (Å²) in [4.78, 5) is 4.55. The molecule has 1 aromatic rings. The van der Waals surface area contributed by atoms with Gasteiger partial charge in [-0.1, -0.05) is 5.16 Å². The Morgan fingerprint density at radius 2 is 2.39 bits per heavy atom. The first-order chi connectivity index (χ1) is 8.78. The van der Waals surface area contributed by atoms with Crippen LogP contribution in [0.3, 0.4) is 0 Å². The molecule has 2 aliphatic rings. The summed E-state index contributed by atoms with van der Waals surface area (Å²) >= 11 is 1.88. The SMILES string of the molecule is CC1(c2nc(C3CSCCO3)no2)CCCCN1. The van der Waals surface area contributed by atoms with Crippen molar-refractivity contribution in [3.8, 4) is 0 Å². The Morgan fingerprint density at radius 1 is 1.44 bits per heavy atom. The summed E-state index contributed by atoms with van der Waals surface area (Å²) in [7, 11) is 0. The highest BCUT2D eigenvalue weighted by Gasteiger charge is 2.35. The first kappa shape index (κ1) is 12.4. The summed E-state index contributed by atoms with van der Waals surface area (Å²) in [6, 6.07) is 0. The lowest BCUT2D eigenvalue weighted by atomic mass is 9.91. The maximum absolute atomic E-state index is 5.67. The summed E-state index contributed by atoms with van der Waals surface area (Å²) in [5.74, 6) is 3.38. The predicted octanol–water partition coefficient (Wildman–Crippen LogP) is 1.86. The van der Waals surface area contributed by atoms with E-state index in [1.807, 2.05) is 11.8 Å². The number of hydrogen-bond donors (Lipinski definition) is 1. The van der Waals surface area contributed by atoms with Crippen LogP contribution in [0.4, 0.5) is 0 Å². The fraction of sp³-hybridized carbons (Fsp3) is 0.833. The van der Waals surface area contributed by atoms with Crippen molar-refractivity contribution in [2.45, 2.75) is 37.8 Å². The minimum Gasteiger partial charge on any atom is -0.368 e. The van der Waals surface area contributed by atoms with Crippen LogP contribution in [0.5, 0.6) is 0 Å². The molecule has 0 bridgehead atoms. The van der Waals surface area contributed by atoms with Crippen LogP contribution in [0, 0.1) is 0 Å². The summed E-state index contributed by atoms with van der Waals surface area (Å²) in [5, 5.41) is 7.58. The van der Waals surface area contributed by atoms with Crippen LogP contribution in [0.2, 0.25) is 0 Å². The van der Waals surface area contributed by atoms with Crippen molar-refractivity contribution in [1.82, 2.24) is 15.5 Å². The molecule has 0 aliphatic carbocycles. The Balaban J connectivity index is 1.75. The van der Waals surface area contributed by atoms with Gasteiger partial charge in [0.25, 0.3) is 0 Å². The lowest BCUT2D eigenvalue weighted by molar-refractivity contribution is 0.0677. The molecule has 0 amide bonds. The van der Waals surface area contributed by atoms with Gasteiger partial charge in [0.1, 0.15) is 6.10 Å². The summed E-state index contributed by atoms with van der Waals surface area (Å²) in [5.41, 5.74) is -0.161. The molecule has 18 heavy (non-hydrogen) atoms. The summed E-state index contributed by atoms with van der Waals surface area (Å²) < 4.78 is 11.1. The third-order valence-corrected chi connectivity index (χ3v) is 4.63. The monoisotopic (exact) mass is 269 g/mol. The average Bonchev–Trinajstić information content (AvgIpc) is 2.91. The molecule has 0 aromatic carbocycles. The zero-order chi connectivity index (χ0) is 12.4. The second-order valence-corrected chi connectivity index (χ2v) is 6.26. The average molecular weight is 269 g/mol. The molecular formula is C12H19N3O2S. The summed E-state index contributed by atoms with van der Waals surface area (Å²) in [6.45, 7) is 3.93. The van der Waals surface area contributed by atoms with Gasteiger partial charge in [-0.3, -0.25) is 0 Å². The van der Waals surface area contributed by atoms with Gasteiger partial charge in [0, 0.05) is 11.5 Å². The van der Waals surface area contributed by atoms with E-state index in [-0.39, 0.29) is 11.6 Å². The first-order valence-electron chi connectivity index (χ1n) is 6.56. The molecule has 5 nitrogen and oxygen atoms in total. The second-order valence-electron chi connectivity index (χ2n) is 5.11. The van der Waals surface area contributed by atoms with Gasteiger partial charge in [-0.05, 0) is 32.7 Å². The Hall–Kier alpha value is -0.590. The smallest absolute Gasteiger partial charge is 0.246 e. The van der Waals surface area contributed by atoms with E-state index >= 15 is 0 Å². The largest absolute Gasteiger partial charge is 0.368 e. The van der Waals surface area contributed by atoms with Crippen molar-refractivity contribution in [2.24, 2.45) is 0 Å². The maximum Gasteiger partial charge on any atom is 0.246 e. The van der Waals surface area contributed by atoms with Crippen LogP contribution in [-0.4, -0.2) is 34.8 Å². The number of thioether (sulfide) groups is 1. The highest BCUT2D eigenvalue weighted by Crippen LogP contribution is 2.31. The minimum absolute atomic E-state index is 0.00607. The van der Waals surface area contributed by atoms with E-state index in [0.717, 1.165) is 31.1 Å². The lowest BCUT2D eigenvalue weighted by Crippen LogP contribution is -2.43. The normalized spacial score (nSPS) is 33.5. The molecule has 2 unspecified atom stereocenters. The van der Waals surface area contributed by atoms with E-state index in [1.54, 1.807) is 0 Å². The number of piperidine rings is 1. The molecule has 1 N–H and O–H groups in total. The first-order valence-corrected chi connectivity index (χ1v) is 7.72. The van der Waals surface area contributed by atoms with Crippen LogP contribution < -0.4 is 5.32 Å². The fourth-order valence-electron chi connectivity index (χ4n) is 2.47. The lowest BCUT2D eigenvalue weighted by Gasteiger charge is -2.31. The number of hydrogen-bond acceptors (Lipinski definition) is 6. The van der Waals surface area contributed by atoms with Crippen LogP contribution in [0.25, 0.3) is 0 Å². The molecular weight excluding hydrogens is 250 g/mol. The van der Waals surface area contributed by atoms with E-state index in [9.17, 15) is 0 Å². The number of nitrogens with one attached hydrogen (secondary N) is 1. The third-order valence-electron chi connectivity index (χ3n) is 3.64. The van der Waals surface area contributed by atoms with Crippen molar-refractivity contribution in [1.29, 1.82) is 0 Å². The molecule has 6 heteroatoms. The van der Waals surface area contributed by atoms with Gasteiger partial charge < -0.3 is 14.6 Å². The van der Waals surface area contributed by atoms with E-state index in [4.69, 9.17) is 9.26 Å². The highest BCUT2D eigenvalue weighted by atomic mass is 32.2. The molecule has 2 saturated heterocycles. The van der Waals surface area contributed by atoms with E-state index < -0.39 is 0 Å². The van der Waals surface area contributed by atoms with Crippen LogP contribution in [-0.2, 0) is 10.3 Å². The molecule has 2 atom stereocenters. The molecule has 2 aliphatic heterocycles. The Labute approximate surface area is 111 Å². The summed E-state index contributed by atoms with van der Waals surface area (Å²) in [6.07, 6.45) is 3.47. The van der Waals surface area contributed by atoms with E-state index in [2.05, 4.69) is 22.4 Å². The van der Waals surface area contributed by atoms with E-state index in [1.165, 1.54) is 12.8 Å². The topological polar surface area (TPSA) is 60.2 Å². The van der Waals surface area contributed by atoms with E-state index in [0.29, 0.717) is 11.7 Å². The van der Waals surface area contributed by atoms with Crippen LogP contribution in [0.1, 0.15) is 44.0 Å². The van der Waals surface area contributed by atoms with Gasteiger partial charge in [0.15, 0.2) is 0 Å². The van der Waals surface area contributed by atoms with Gasteiger partial charge in [-0.15, -0.1) is 0 Å². The quantitative estimate of drug-likeness (QED) is 0.884. The Kier molecular flexibility index (Phi) is 3.59. The Bertz CT molecular complexity index is 398. The standard InChI is InChI=1S/C12H19N3O2S/c1-12(4-2-3-5-13-12)11-14-10(15-17-11)9-8-18-7-6-16-9/h9,13H,2-8H2,1H3. The predicted molar refractivity (Wildman–Crippen MR) is 69.5 cm³/mol. The third kappa shape index (κ3) is 2.41. The molecule has 1 aromatic heterocycles. The fourth-order valence-corrected chi connectivity index (χ4v) is 3.31. The van der Waals surface area contributed by atoms with Crippen LogP contribution >= 0.6 is 11.8 Å². The molecule has 0 radical (unpaired) electrons. The van der Waals surface area contributed by atoms with Crippen molar-refractivity contribution in [3.63, 3.8) is 0 Å². The minimum atomic E-state index is -0.161. The van der Waals surface area contributed by atoms with Crippen molar-refractivity contribution < 1.29 is 9.26 Å². The van der Waals surface area contributed by atoms with Gasteiger partial charge in [-0.2, -0.15) is 16.7 Å². The zero-order valence-electron chi connectivity index (χ0n) is 10.6. The van der Waals surface area contributed by atoms with Crippen molar-refractivity contribution in [3.05, 3.63) is 11.7 Å². The molecule has 3 rings (SSSR count). The van der Waals surface area contributed by atoms with Gasteiger partial charge in [0.05, 0.1) is 12.1 Å². The second kappa shape index (κ2) is 5.19.